The molecule has 0 bridgehead atoms. The zero-order chi connectivity index (χ0) is 13.1. The molecule has 0 radical (unpaired) electrons. The number of nitrogens with zero attached hydrogens (tertiary/aromatic N) is 2. The van der Waals surface area contributed by atoms with E-state index in [4.69, 9.17) is 5.11 Å². The second kappa shape index (κ2) is 6.04. The average Bonchev–Trinajstić information content (AvgIpc) is 3.26. The van der Waals surface area contributed by atoms with Crippen LogP contribution in [0.2, 0.25) is 0 Å². The average molecular weight is 260 g/mol. The first-order valence-corrected chi connectivity index (χ1v) is 7.47. The Balaban J connectivity index is 1.45. The van der Waals surface area contributed by atoms with Crippen LogP contribution in [0.5, 0.6) is 0 Å². The molecule has 0 unspecified atom stereocenters. The highest BCUT2D eigenvalue weighted by Crippen LogP contribution is 2.29. The zero-order valence-electron chi connectivity index (χ0n) is 11.6. The summed E-state index contributed by atoms with van der Waals surface area (Å²) in [6.07, 6.45) is 2.91. The molecule has 0 amide bonds. The summed E-state index contributed by atoms with van der Waals surface area (Å²) in [7, 11) is 0. The molecule has 1 aliphatic carbocycles. The lowest BCUT2D eigenvalue weighted by Crippen LogP contribution is -2.46. The first-order chi connectivity index (χ1) is 9.33. The van der Waals surface area contributed by atoms with Crippen LogP contribution < -0.4 is 0 Å². The minimum absolute atomic E-state index is 0.139. The number of hydrogen-bond acceptors (Lipinski definition) is 3. The van der Waals surface area contributed by atoms with E-state index in [1.54, 1.807) is 0 Å². The van der Waals surface area contributed by atoms with Crippen LogP contribution >= 0.6 is 0 Å². The van der Waals surface area contributed by atoms with Gasteiger partial charge in [0, 0.05) is 39.3 Å². The number of hydrogen-bond donors (Lipinski definition) is 1. The molecule has 2 fully saturated rings. The predicted molar refractivity (Wildman–Crippen MR) is 76.8 cm³/mol. The molecule has 3 nitrogen and oxygen atoms in total. The summed E-state index contributed by atoms with van der Waals surface area (Å²) < 4.78 is 0. The van der Waals surface area contributed by atoms with Crippen LogP contribution in [0.3, 0.4) is 0 Å². The SMILES string of the molecule is OCc1ccc(CN2CCN(CC3CC3)CC2)cc1. The van der Waals surface area contributed by atoms with Crippen LogP contribution in [-0.4, -0.2) is 47.6 Å². The Morgan fingerprint density at radius 3 is 2.05 bits per heavy atom. The Morgan fingerprint density at radius 2 is 1.47 bits per heavy atom. The lowest BCUT2D eigenvalue weighted by atomic mass is 10.1. The molecule has 1 saturated carbocycles. The number of rotatable bonds is 5. The van der Waals surface area contributed by atoms with E-state index in [0.717, 1.165) is 18.0 Å². The highest BCUT2D eigenvalue weighted by atomic mass is 16.3. The Morgan fingerprint density at radius 1 is 0.895 bits per heavy atom. The van der Waals surface area contributed by atoms with Gasteiger partial charge in [0.1, 0.15) is 0 Å². The van der Waals surface area contributed by atoms with Gasteiger partial charge in [0.2, 0.25) is 0 Å². The van der Waals surface area contributed by atoms with Gasteiger partial charge in [0.15, 0.2) is 0 Å². The molecule has 1 aromatic carbocycles. The number of aliphatic hydroxyl groups excluding tert-OH is 1. The van der Waals surface area contributed by atoms with Gasteiger partial charge < -0.3 is 10.0 Å². The Bertz CT molecular complexity index is 392. The molecule has 2 aliphatic rings. The van der Waals surface area contributed by atoms with Crippen molar-refractivity contribution in [2.75, 3.05) is 32.7 Å². The highest BCUT2D eigenvalue weighted by Gasteiger charge is 2.26. The Kier molecular flexibility index (Phi) is 4.16. The summed E-state index contributed by atoms with van der Waals surface area (Å²) in [5.74, 6) is 1.01. The fraction of sp³-hybridized carbons (Fsp3) is 0.625. The van der Waals surface area contributed by atoms with Gasteiger partial charge in [0.05, 0.1) is 6.61 Å². The van der Waals surface area contributed by atoms with Crippen molar-refractivity contribution < 1.29 is 5.11 Å². The first-order valence-electron chi connectivity index (χ1n) is 7.47. The highest BCUT2D eigenvalue weighted by molar-refractivity contribution is 5.21. The minimum atomic E-state index is 0.139. The lowest BCUT2D eigenvalue weighted by molar-refractivity contribution is 0.123. The molecule has 19 heavy (non-hydrogen) atoms. The van der Waals surface area contributed by atoms with Gasteiger partial charge in [0.25, 0.3) is 0 Å². The van der Waals surface area contributed by atoms with E-state index in [1.807, 2.05) is 12.1 Å². The van der Waals surface area contributed by atoms with Crippen LogP contribution in [0.1, 0.15) is 24.0 Å². The second-order valence-corrected chi connectivity index (χ2v) is 5.99. The van der Waals surface area contributed by atoms with Crippen LogP contribution in [0.4, 0.5) is 0 Å². The molecule has 1 N–H and O–H groups in total. The number of aliphatic hydroxyl groups is 1. The van der Waals surface area contributed by atoms with Crippen molar-refractivity contribution >= 4 is 0 Å². The van der Waals surface area contributed by atoms with Crippen molar-refractivity contribution in [3.63, 3.8) is 0 Å². The summed E-state index contributed by atoms with van der Waals surface area (Å²) in [6, 6.07) is 8.33. The maximum absolute atomic E-state index is 9.04. The van der Waals surface area contributed by atoms with Crippen LogP contribution in [0.15, 0.2) is 24.3 Å². The van der Waals surface area contributed by atoms with E-state index in [-0.39, 0.29) is 6.61 Å². The van der Waals surface area contributed by atoms with E-state index < -0.39 is 0 Å². The molecule has 1 aromatic rings. The maximum atomic E-state index is 9.04. The van der Waals surface area contributed by atoms with E-state index in [1.165, 1.54) is 51.1 Å². The largest absolute Gasteiger partial charge is 0.392 e. The lowest BCUT2D eigenvalue weighted by Gasteiger charge is -2.34. The van der Waals surface area contributed by atoms with Crippen LogP contribution in [-0.2, 0) is 13.2 Å². The number of benzene rings is 1. The predicted octanol–water partition coefficient (Wildman–Crippen LogP) is 1.71. The van der Waals surface area contributed by atoms with Gasteiger partial charge in [-0.1, -0.05) is 24.3 Å². The molecule has 0 aromatic heterocycles. The Labute approximate surface area is 115 Å². The minimum Gasteiger partial charge on any atom is -0.392 e. The van der Waals surface area contributed by atoms with Crippen molar-refractivity contribution in [3.05, 3.63) is 35.4 Å². The van der Waals surface area contributed by atoms with E-state index >= 15 is 0 Å². The normalized spacial score (nSPS) is 21.7. The third kappa shape index (κ3) is 3.78. The van der Waals surface area contributed by atoms with Gasteiger partial charge in [-0.3, -0.25) is 4.90 Å². The van der Waals surface area contributed by atoms with E-state index in [0.29, 0.717) is 0 Å². The smallest absolute Gasteiger partial charge is 0.0681 e. The summed E-state index contributed by atoms with van der Waals surface area (Å²) in [5.41, 5.74) is 2.35. The van der Waals surface area contributed by atoms with Crippen molar-refractivity contribution in [3.8, 4) is 0 Å². The molecule has 1 aliphatic heterocycles. The fourth-order valence-electron chi connectivity index (χ4n) is 2.80. The maximum Gasteiger partial charge on any atom is 0.0681 e. The van der Waals surface area contributed by atoms with Gasteiger partial charge in [-0.15, -0.1) is 0 Å². The van der Waals surface area contributed by atoms with Crippen molar-refractivity contribution in [2.24, 2.45) is 5.92 Å². The Hall–Kier alpha value is -0.900. The second-order valence-electron chi connectivity index (χ2n) is 5.99. The molecular weight excluding hydrogens is 236 g/mol. The summed E-state index contributed by atoms with van der Waals surface area (Å²) in [5, 5.41) is 9.04. The van der Waals surface area contributed by atoms with Gasteiger partial charge >= 0.3 is 0 Å². The van der Waals surface area contributed by atoms with Crippen LogP contribution in [0, 0.1) is 5.92 Å². The fourth-order valence-corrected chi connectivity index (χ4v) is 2.80. The molecule has 1 heterocycles. The summed E-state index contributed by atoms with van der Waals surface area (Å²) >= 11 is 0. The molecule has 0 spiro atoms. The molecule has 104 valence electrons. The third-order valence-corrected chi connectivity index (χ3v) is 4.29. The van der Waals surface area contributed by atoms with Crippen molar-refractivity contribution in [1.29, 1.82) is 0 Å². The molecule has 3 heteroatoms. The van der Waals surface area contributed by atoms with Crippen molar-refractivity contribution in [1.82, 2.24) is 9.80 Å². The van der Waals surface area contributed by atoms with E-state index in [9.17, 15) is 0 Å². The topological polar surface area (TPSA) is 26.7 Å². The van der Waals surface area contributed by atoms with E-state index in [2.05, 4.69) is 21.9 Å². The summed E-state index contributed by atoms with van der Waals surface area (Å²) in [6.45, 7) is 7.35. The third-order valence-electron chi connectivity index (χ3n) is 4.29. The van der Waals surface area contributed by atoms with Gasteiger partial charge in [-0.25, -0.2) is 0 Å². The quantitative estimate of drug-likeness (QED) is 0.873. The molecule has 3 rings (SSSR count). The molecular formula is C16H24N2O. The molecule has 0 atom stereocenters. The first kappa shape index (κ1) is 13.1. The number of piperazine rings is 1. The summed E-state index contributed by atoms with van der Waals surface area (Å²) in [4.78, 5) is 5.17. The van der Waals surface area contributed by atoms with Crippen molar-refractivity contribution in [2.45, 2.75) is 26.0 Å². The zero-order valence-corrected chi connectivity index (χ0v) is 11.6. The molecule has 1 saturated heterocycles. The van der Waals surface area contributed by atoms with Gasteiger partial charge in [-0.2, -0.15) is 0 Å². The van der Waals surface area contributed by atoms with Crippen LogP contribution in [0.25, 0.3) is 0 Å². The standard InChI is InChI=1S/C16H24N2O/c19-13-16-5-3-15(4-6-16)12-18-9-7-17(8-10-18)11-14-1-2-14/h3-6,14,19H,1-2,7-13H2. The monoisotopic (exact) mass is 260 g/mol. The van der Waals surface area contributed by atoms with Gasteiger partial charge in [-0.05, 0) is 29.9 Å².